The van der Waals surface area contributed by atoms with Crippen LogP contribution in [0.15, 0.2) is 11.6 Å². The van der Waals surface area contributed by atoms with Gasteiger partial charge >= 0.3 is 0 Å². The van der Waals surface area contributed by atoms with Crippen LogP contribution >= 0.6 is 11.3 Å². The molecule has 4 nitrogen and oxygen atoms in total. The van der Waals surface area contributed by atoms with Crippen LogP contribution in [0.25, 0.3) is 0 Å². The Labute approximate surface area is 113 Å². The molecule has 1 atom stereocenters. The number of aromatic nitrogens is 1. The van der Waals surface area contributed by atoms with Crippen molar-refractivity contribution < 1.29 is 4.74 Å². The van der Waals surface area contributed by atoms with E-state index in [1.807, 2.05) is 18.6 Å². The Morgan fingerprint density at radius 1 is 1.50 bits per heavy atom. The van der Waals surface area contributed by atoms with Crippen LogP contribution in [0.2, 0.25) is 0 Å². The summed E-state index contributed by atoms with van der Waals surface area (Å²) in [6, 6.07) is 0.404. The highest BCUT2D eigenvalue weighted by Gasteiger charge is 2.35. The molecule has 1 N–H and O–H groups in total. The maximum Gasteiger partial charge on any atom is 0.0941 e. The summed E-state index contributed by atoms with van der Waals surface area (Å²) in [6.07, 6.45) is 2.87. The fourth-order valence-corrected chi connectivity index (χ4v) is 3.26. The minimum atomic E-state index is 0.115. The van der Waals surface area contributed by atoms with Gasteiger partial charge in [-0.1, -0.05) is 0 Å². The lowest BCUT2D eigenvalue weighted by Gasteiger charge is -2.45. The van der Waals surface area contributed by atoms with Gasteiger partial charge in [-0.2, -0.15) is 0 Å². The standard InChI is InChI=1S/C13H23N3OS/c1-13(2,16-5-7-17-8-6-16)11(14-3)10-12-15-4-9-18-12/h4,9,11,14H,5-8,10H2,1-3H3. The summed E-state index contributed by atoms with van der Waals surface area (Å²) in [5.74, 6) is 0. The van der Waals surface area contributed by atoms with Gasteiger partial charge in [-0.25, -0.2) is 4.98 Å². The first-order valence-corrected chi connectivity index (χ1v) is 7.41. The first kappa shape index (κ1) is 13.9. The summed E-state index contributed by atoms with van der Waals surface area (Å²) in [6.45, 7) is 8.35. The molecule has 0 amide bonds. The van der Waals surface area contributed by atoms with Crippen molar-refractivity contribution in [2.75, 3.05) is 33.4 Å². The van der Waals surface area contributed by atoms with Gasteiger partial charge in [0.05, 0.1) is 18.2 Å². The number of thiazole rings is 1. The monoisotopic (exact) mass is 269 g/mol. The number of rotatable bonds is 5. The Kier molecular flexibility index (Phi) is 4.72. The molecule has 1 aromatic heterocycles. The van der Waals surface area contributed by atoms with Gasteiger partial charge in [-0.3, -0.25) is 4.90 Å². The molecule has 0 spiro atoms. The van der Waals surface area contributed by atoms with Crippen LogP contribution in [0.1, 0.15) is 18.9 Å². The maximum absolute atomic E-state index is 5.44. The molecule has 0 aromatic carbocycles. The Balaban J connectivity index is 2.04. The molecule has 1 unspecified atom stereocenters. The Hall–Kier alpha value is -0.490. The number of nitrogens with zero attached hydrogens (tertiary/aromatic N) is 2. The molecule has 1 fully saturated rings. The second kappa shape index (κ2) is 6.10. The van der Waals surface area contributed by atoms with Gasteiger partial charge in [-0.05, 0) is 20.9 Å². The highest BCUT2D eigenvalue weighted by molar-refractivity contribution is 7.09. The van der Waals surface area contributed by atoms with E-state index in [9.17, 15) is 0 Å². The first-order chi connectivity index (χ1) is 8.64. The van der Waals surface area contributed by atoms with E-state index < -0.39 is 0 Å². The van der Waals surface area contributed by atoms with Crippen molar-refractivity contribution in [3.05, 3.63) is 16.6 Å². The van der Waals surface area contributed by atoms with Gasteiger partial charge in [0, 0.05) is 42.7 Å². The van der Waals surface area contributed by atoms with Crippen molar-refractivity contribution in [3.63, 3.8) is 0 Å². The van der Waals surface area contributed by atoms with Crippen molar-refractivity contribution in [2.24, 2.45) is 0 Å². The maximum atomic E-state index is 5.44. The third kappa shape index (κ3) is 3.09. The highest BCUT2D eigenvalue weighted by atomic mass is 32.1. The number of nitrogens with one attached hydrogen (secondary N) is 1. The summed E-state index contributed by atoms with van der Waals surface area (Å²) in [5, 5.41) is 6.71. The molecule has 0 bridgehead atoms. The fraction of sp³-hybridized carbons (Fsp3) is 0.769. The van der Waals surface area contributed by atoms with E-state index in [2.05, 4.69) is 29.0 Å². The predicted octanol–water partition coefficient (Wildman–Crippen LogP) is 1.38. The molecular weight excluding hydrogens is 246 g/mol. The number of likely N-dealkylation sites (N-methyl/N-ethyl adjacent to an activating group) is 1. The normalized spacial score (nSPS) is 19.9. The van der Waals surface area contributed by atoms with Gasteiger partial charge in [0.25, 0.3) is 0 Å². The molecule has 102 valence electrons. The van der Waals surface area contributed by atoms with Crippen LogP contribution in [-0.2, 0) is 11.2 Å². The second-order valence-corrected chi connectivity index (χ2v) is 6.20. The highest BCUT2D eigenvalue weighted by Crippen LogP contribution is 2.23. The van der Waals surface area contributed by atoms with Crippen LogP contribution < -0.4 is 5.32 Å². The fourth-order valence-electron chi connectivity index (χ4n) is 2.59. The quantitative estimate of drug-likeness (QED) is 0.876. The van der Waals surface area contributed by atoms with Crippen LogP contribution in [0, 0.1) is 0 Å². The molecule has 2 rings (SSSR count). The minimum Gasteiger partial charge on any atom is -0.379 e. The van der Waals surface area contributed by atoms with Crippen molar-refractivity contribution in [1.29, 1.82) is 0 Å². The zero-order valence-electron chi connectivity index (χ0n) is 11.5. The van der Waals surface area contributed by atoms with Gasteiger partial charge < -0.3 is 10.1 Å². The lowest BCUT2D eigenvalue weighted by molar-refractivity contribution is -0.0223. The van der Waals surface area contributed by atoms with E-state index in [0.717, 1.165) is 32.7 Å². The molecule has 5 heteroatoms. The lowest BCUT2D eigenvalue weighted by atomic mass is 9.89. The summed E-state index contributed by atoms with van der Waals surface area (Å²) in [7, 11) is 2.04. The smallest absolute Gasteiger partial charge is 0.0941 e. The zero-order valence-corrected chi connectivity index (χ0v) is 12.3. The average molecular weight is 269 g/mol. The van der Waals surface area contributed by atoms with Gasteiger partial charge in [0.2, 0.25) is 0 Å². The summed E-state index contributed by atoms with van der Waals surface area (Å²) in [5.41, 5.74) is 0.115. The molecule has 1 aliphatic rings. The lowest BCUT2D eigenvalue weighted by Crippen LogP contribution is -2.60. The Morgan fingerprint density at radius 3 is 2.78 bits per heavy atom. The Bertz CT molecular complexity index is 347. The minimum absolute atomic E-state index is 0.115. The van der Waals surface area contributed by atoms with Crippen LogP contribution in [0.4, 0.5) is 0 Å². The molecule has 18 heavy (non-hydrogen) atoms. The third-order valence-electron chi connectivity index (χ3n) is 3.89. The van der Waals surface area contributed by atoms with Crippen LogP contribution in [0.3, 0.4) is 0 Å². The van der Waals surface area contributed by atoms with E-state index in [-0.39, 0.29) is 5.54 Å². The number of ether oxygens (including phenoxy) is 1. The van der Waals surface area contributed by atoms with Crippen molar-refractivity contribution in [2.45, 2.75) is 31.8 Å². The second-order valence-electron chi connectivity index (χ2n) is 5.22. The van der Waals surface area contributed by atoms with E-state index >= 15 is 0 Å². The molecule has 2 heterocycles. The van der Waals surface area contributed by atoms with E-state index in [1.54, 1.807) is 11.3 Å². The average Bonchev–Trinajstić information content (AvgIpc) is 2.89. The number of morpholine rings is 1. The molecule has 0 radical (unpaired) electrons. The topological polar surface area (TPSA) is 37.4 Å². The Morgan fingerprint density at radius 2 is 2.22 bits per heavy atom. The van der Waals surface area contributed by atoms with Crippen LogP contribution in [0.5, 0.6) is 0 Å². The number of hydrogen-bond donors (Lipinski definition) is 1. The molecule has 1 aromatic rings. The number of hydrogen-bond acceptors (Lipinski definition) is 5. The zero-order chi connectivity index (χ0) is 13.0. The van der Waals surface area contributed by atoms with E-state index in [4.69, 9.17) is 4.74 Å². The molecule has 0 aliphatic carbocycles. The largest absolute Gasteiger partial charge is 0.379 e. The summed E-state index contributed by atoms with van der Waals surface area (Å²) < 4.78 is 5.44. The summed E-state index contributed by atoms with van der Waals surface area (Å²) >= 11 is 1.74. The van der Waals surface area contributed by atoms with Crippen molar-refractivity contribution in [1.82, 2.24) is 15.2 Å². The van der Waals surface area contributed by atoms with Crippen molar-refractivity contribution in [3.8, 4) is 0 Å². The van der Waals surface area contributed by atoms with Crippen molar-refractivity contribution >= 4 is 11.3 Å². The van der Waals surface area contributed by atoms with Gasteiger partial charge in [-0.15, -0.1) is 11.3 Å². The molecule has 0 saturated carbocycles. The van der Waals surface area contributed by atoms with E-state index in [0.29, 0.717) is 6.04 Å². The SMILES string of the molecule is CNC(Cc1nccs1)C(C)(C)N1CCOCC1. The molecule has 1 aliphatic heterocycles. The summed E-state index contributed by atoms with van der Waals surface area (Å²) in [4.78, 5) is 6.92. The predicted molar refractivity (Wildman–Crippen MR) is 75.1 cm³/mol. The third-order valence-corrected chi connectivity index (χ3v) is 4.69. The van der Waals surface area contributed by atoms with Gasteiger partial charge in [0.1, 0.15) is 0 Å². The van der Waals surface area contributed by atoms with Crippen LogP contribution in [-0.4, -0.2) is 54.8 Å². The molecular formula is C13H23N3OS. The first-order valence-electron chi connectivity index (χ1n) is 6.53. The molecule has 1 saturated heterocycles. The van der Waals surface area contributed by atoms with E-state index in [1.165, 1.54) is 5.01 Å². The van der Waals surface area contributed by atoms with Gasteiger partial charge in [0.15, 0.2) is 0 Å².